The molecule has 1 saturated heterocycles. The van der Waals surface area contributed by atoms with E-state index >= 15 is 0 Å². The van der Waals surface area contributed by atoms with E-state index in [9.17, 15) is 5.21 Å². The van der Waals surface area contributed by atoms with Gasteiger partial charge in [-0.2, -0.15) is 0 Å². The number of nitrogens with zero attached hydrogens (tertiary/aromatic N) is 1. The topological polar surface area (TPSA) is 23.1 Å². The fourth-order valence-corrected chi connectivity index (χ4v) is 4.25. The van der Waals surface area contributed by atoms with Crippen molar-refractivity contribution in [2.45, 2.75) is 66.2 Å². The predicted octanol–water partition coefficient (Wildman–Crippen LogP) is 5.54. The third-order valence-electron chi connectivity index (χ3n) is 5.94. The Bertz CT molecular complexity index is 516. The van der Waals surface area contributed by atoms with Crippen LogP contribution in [0.1, 0.15) is 65.5 Å². The number of piperidine rings is 1. The van der Waals surface area contributed by atoms with E-state index in [1.807, 2.05) is 0 Å². The summed E-state index contributed by atoms with van der Waals surface area (Å²) in [4.78, 5) is 0. The molecule has 0 saturated carbocycles. The highest BCUT2D eigenvalue weighted by Gasteiger charge is 2.33. The van der Waals surface area contributed by atoms with Crippen molar-refractivity contribution in [3.05, 3.63) is 40.6 Å². The minimum absolute atomic E-state index is 0.0318. The fraction of sp³-hybridized carbons (Fsp3) is 0.727. The molecule has 0 amide bonds. The molecule has 24 heavy (non-hydrogen) atoms. The number of hydrogen-bond donors (Lipinski definition) is 0. The van der Waals surface area contributed by atoms with Crippen LogP contribution in [0, 0.1) is 23.0 Å². The highest BCUT2D eigenvalue weighted by Crippen LogP contribution is 2.31. The van der Waals surface area contributed by atoms with E-state index in [-0.39, 0.29) is 10.1 Å². The van der Waals surface area contributed by atoms with E-state index in [2.05, 4.69) is 65.8 Å². The maximum absolute atomic E-state index is 13.2. The second kappa shape index (κ2) is 7.58. The Morgan fingerprint density at radius 1 is 1.21 bits per heavy atom. The third kappa shape index (κ3) is 5.07. The summed E-state index contributed by atoms with van der Waals surface area (Å²) in [5.41, 5.74) is 2.94. The van der Waals surface area contributed by atoms with Crippen LogP contribution in [0.3, 0.4) is 0 Å². The monoisotopic (exact) mass is 331 g/mol. The summed E-state index contributed by atoms with van der Waals surface area (Å²) in [6, 6.07) is 9.00. The Labute approximate surface area is 149 Å². The first-order chi connectivity index (χ1) is 11.1. The summed E-state index contributed by atoms with van der Waals surface area (Å²) in [6.45, 7) is 15.9. The van der Waals surface area contributed by atoms with Crippen LogP contribution in [0.25, 0.3) is 0 Å². The molecule has 1 fully saturated rings. The summed E-state index contributed by atoms with van der Waals surface area (Å²) in [5.74, 6) is 1.76. The van der Waals surface area contributed by atoms with E-state index in [0.29, 0.717) is 11.8 Å². The molecule has 1 aliphatic rings. The second-order valence-electron chi connectivity index (χ2n) is 9.34. The zero-order chi connectivity index (χ0) is 18.0. The van der Waals surface area contributed by atoms with Crippen LogP contribution in [-0.4, -0.2) is 24.3 Å². The summed E-state index contributed by atoms with van der Waals surface area (Å²) in [6.07, 6.45) is 3.25. The molecule has 0 bridgehead atoms. The Morgan fingerprint density at radius 2 is 1.83 bits per heavy atom. The second-order valence-corrected chi connectivity index (χ2v) is 9.34. The van der Waals surface area contributed by atoms with Crippen molar-refractivity contribution >= 4 is 0 Å². The first-order valence-electron chi connectivity index (χ1n) is 9.79. The van der Waals surface area contributed by atoms with Crippen molar-refractivity contribution in [3.8, 4) is 0 Å². The summed E-state index contributed by atoms with van der Waals surface area (Å²) >= 11 is 0. The Morgan fingerprint density at radius 3 is 2.38 bits per heavy atom. The van der Waals surface area contributed by atoms with E-state index in [4.69, 9.17) is 0 Å². The number of quaternary nitrogens is 1. The minimum atomic E-state index is 0.0318. The van der Waals surface area contributed by atoms with Gasteiger partial charge >= 0.3 is 0 Å². The van der Waals surface area contributed by atoms with E-state index in [1.54, 1.807) is 0 Å². The minimum Gasteiger partial charge on any atom is -0.633 e. The molecule has 4 atom stereocenters. The van der Waals surface area contributed by atoms with Gasteiger partial charge in [0, 0.05) is 11.8 Å². The maximum Gasteiger partial charge on any atom is 0.0815 e. The molecular weight excluding hydrogens is 294 g/mol. The molecule has 0 spiro atoms. The van der Waals surface area contributed by atoms with Gasteiger partial charge in [0.15, 0.2) is 0 Å². The highest BCUT2D eigenvalue weighted by atomic mass is 16.5. The normalized spacial score (nSPS) is 29.5. The number of hydrogen-bond acceptors (Lipinski definition) is 1. The molecule has 1 aromatic rings. The fourth-order valence-electron chi connectivity index (χ4n) is 4.25. The van der Waals surface area contributed by atoms with Gasteiger partial charge in [-0.05, 0) is 41.7 Å². The van der Waals surface area contributed by atoms with Gasteiger partial charge < -0.3 is 9.85 Å². The third-order valence-corrected chi connectivity index (χ3v) is 5.94. The molecule has 0 radical (unpaired) electrons. The lowest BCUT2D eigenvalue weighted by atomic mass is 9.84. The SMILES string of the molecule is CCC1C[N+]([O-])(CC(C)Cc2ccc(C(C)(C)C)cc2)CCC1C. The lowest BCUT2D eigenvalue weighted by molar-refractivity contribution is -0.893. The first kappa shape index (κ1) is 19.5. The van der Waals surface area contributed by atoms with Crippen molar-refractivity contribution in [1.29, 1.82) is 0 Å². The molecule has 0 N–H and O–H groups in total. The quantitative estimate of drug-likeness (QED) is 0.513. The Hall–Kier alpha value is -0.860. The highest BCUT2D eigenvalue weighted by molar-refractivity contribution is 5.27. The van der Waals surface area contributed by atoms with Crippen LogP contribution >= 0.6 is 0 Å². The lowest BCUT2D eigenvalue weighted by Gasteiger charge is -2.51. The molecule has 1 aliphatic heterocycles. The molecule has 1 heterocycles. The molecule has 2 rings (SSSR count). The van der Waals surface area contributed by atoms with Crippen LogP contribution in [0.2, 0.25) is 0 Å². The van der Waals surface area contributed by atoms with Gasteiger partial charge in [0.1, 0.15) is 0 Å². The first-order valence-corrected chi connectivity index (χ1v) is 9.79. The van der Waals surface area contributed by atoms with Crippen molar-refractivity contribution in [2.75, 3.05) is 19.6 Å². The van der Waals surface area contributed by atoms with Crippen LogP contribution < -0.4 is 0 Å². The number of likely N-dealkylation sites (tertiary alicyclic amines) is 1. The van der Waals surface area contributed by atoms with Gasteiger partial charge in [0.05, 0.1) is 19.6 Å². The number of benzene rings is 1. The van der Waals surface area contributed by atoms with Crippen molar-refractivity contribution in [3.63, 3.8) is 0 Å². The van der Waals surface area contributed by atoms with E-state index < -0.39 is 0 Å². The maximum atomic E-state index is 13.2. The zero-order valence-corrected chi connectivity index (χ0v) is 16.6. The van der Waals surface area contributed by atoms with Crippen molar-refractivity contribution in [1.82, 2.24) is 0 Å². The van der Waals surface area contributed by atoms with Crippen LogP contribution in [0.4, 0.5) is 0 Å². The van der Waals surface area contributed by atoms with Gasteiger partial charge in [-0.3, -0.25) is 0 Å². The number of rotatable bonds is 5. The molecule has 2 nitrogen and oxygen atoms in total. The summed E-state index contributed by atoms with van der Waals surface area (Å²) < 4.78 is 0.0318. The van der Waals surface area contributed by atoms with Gasteiger partial charge in [0.2, 0.25) is 0 Å². The largest absolute Gasteiger partial charge is 0.633 e. The molecule has 2 heteroatoms. The molecule has 1 aromatic carbocycles. The average Bonchev–Trinajstić information content (AvgIpc) is 2.49. The molecule has 0 aliphatic carbocycles. The van der Waals surface area contributed by atoms with Gasteiger partial charge in [-0.1, -0.05) is 65.8 Å². The molecule has 4 unspecified atom stereocenters. The van der Waals surface area contributed by atoms with Crippen molar-refractivity contribution in [2.24, 2.45) is 17.8 Å². The van der Waals surface area contributed by atoms with E-state index in [1.165, 1.54) is 11.1 Å². The van der Waals surface area contributed by atoms with E-state index in [0.717, 1.165) is 44.8 Å². The molecule has 0 aromatic heterocycles. The average molecular weight is 332 g/mol. The van der Waals surface area contributed by atoms with Crippen LogP contribution in [-0.2, 0) is 11.8 Å². The lowest BCUT2D eigenvalue weighted by Crippen LogP contribution is -2.53. The molecular formula is C22H37NO. The zero-order valence-electron chi connectivity index (χ0n) is 16.6. The van der Waals surface area contributed by atoms with Gasteiger partial charge in [0.25, 0.3) is 0 Å². The number of hydroxylamine groups is 3. The molecule has 136 valence electrons. The summed E-state index contributed by atoms with van der Waals surface area (Å²) in [7, 11) is 0. The summed E-state index contributed by atoms with van der Waals surface area (Å²) in [5, 5.41) is 13.2. The predicted molar refractivity (Wildman–Crippen MR) is 104 cm³/mol. The Balaban J connectivity index is 1.94. The van der Waals surface area contributed by atoms with Crippen LogP contribution in [0.15, 0.2) is 24.3 Å². The van der Waals surface area contributed by atoms with Crippen molar-refractivity contribution < 1.29 is 4.65 Å². The van der Waals surface area contributed by atoms with Gasteiger partial charge in [-0.25, -0.2) is 0 Å². The smallest absolute Gasteiger partial charge is 0.0815 e. The van der Waals surface area contributed by atoms with Crippen LogP contribution in [0.5, 0.6) is 0 Å². The standard InChI is InChI=1S/C22H37NO/c1-7-20-16-23(24,13-12-18(20)3)15-17(2)14-19-8-10-21(11-9-19)22(4,5)6/h8-11,17-18,20H,7,12-16H2,1-6H3. The Kier molecular flexibility index (Phi) is 6.14. The van der Waals surface area contributed by atoms with Gasteiger partial charge in [-0.15, -0.1) is 0 Å².